The van der Waals surface area contributed by atoms with Gasteiger partial charge >= 0.3 is 5.97 Å². The molecule has 0 spiro atoms. The van der Waals surface area contributed by atoms with Gasteiger partial charge in [0.1, 0.15) is 12.7 Å². The molecule has 11 heteroatoms. The highest BCUT2D eigenvalue weighted by Crippen LogP contribution is 2.36. The molecule has 1 saturated heterocycles. The predicted octanol–water partition coefficient (Wildman–Crippen LogP) is 3.08. The summed E-state index contributed by atoms with van der Waals surface area (Å²) in [4.78, 5) is 33.8. The van der Waals surface area contributed by atoms with E-state index in [0.29, 0.717) is 36.2 Å². The van der Waals surface area contributed by atoms with Crippen molar-refractivity contribution in [2.75, 3.05) is 36.8 Å². The first-order chi connectivity index (χ1) is 13.9. The number of hydrogen-bond donors (Lipinski definition) is 3. The van der Waals surface area contributed by atoms with Crippen molar-refractivity contribution in [2.24, 2.45) is 0 Å². The van der Waals surface area contributed by atoms with Crippen LogP contribution in [0, 0.1) is 6.92 Å². The van der Waals surface area contributed by atoms with Gasteiger partial charge < -0.3 is 20.6 Å². The molecular formula is C18H20FN5O3S2. The zero-order valence-electron chi connectivity index (χ0n) is 15.7. The number of piperidine rings is 1. The van der Waals surface area contributed by atoms with E-state index < -0.39 is 12.1 Å². The zero-order valence-corrected chi connectivity index (χ0v) is 17.3. The van der Waals surface area contributed by atoms with Crippen LogP contribution in [0.4, 0.5) is 14.7 Å². The molecule has 1 amide bonds. The number of carboxylic acids is 1. The summed E-state index contributed by atoms with van der Waals surface area (Å²) in [7, 11) is 0. The van der Waals surface area contributed by atoms with E-state index in [-0.39, 0.29) is 19.0 Å². The summed E-state index contributed by atoms with van der Waals surface area (Å²) in [6.07, 6.45) is -0.000291. The topological polar surface area (TPSA) is 107 Å². The van der Waals surface area contributed by atoms with E-state index in [4.69, 9.17) is 5.11 Å². The minimum Gasteiger partial charge on any atom is -0.480 e. The Morgan fingerprint density at radius 3 is 2.24 bits per heavy atom. The molecule has 2 aromatic heterocycles. The fourth-order valence-electron chi connectivity index (χ4n) is 3.29. The first-order valence-corrected chi connectivity index (χ1v) is 10.9. The minimum atomic E-state index is -0.942. The monoisotopic (exact) mass is 437 g/mol. The smallest absolute Gasteiger partial charge is 0.322 e. The highest BCUT2D eigenvalue weighted by molar-refractivity contribution is 7.24. The number of carboxylic acid groups (broad SMARTS) is 1. The summed E-state index contributed by atoms with van der Waals surface area (Å²) in [6.45, 7) is 2.80. The molecule has 154 valence electrons. The molecule has 0 radical (unpaired) electrons. The van der Waals surface area contributed by atoms with Crippen LogP contribution in [0.15, 0.2) is 6.07 Å². The van der Waals surface area contributed by atoms with E-state index in [1.54, 1.807) is 4.90 Å². The summed E-state index contributed by atoms with van der Waals surface area (Å²) in [5.74, 6) is -0.993. The van der Waals surface area contributed by atoms with Crippen molar-refractivity contribution >= 4 is 65.2 Å². The van der Waals surface area contributed by atoms with E-state index in [1.165, 1.54) is 22.7 Å². The van der Waals surface area contributed by atoms with Gasteiger partial charge in [-0.05, 0) is 25.8 Å². The molecule has 29 heavy (non-hydrogen) atoms. The number of nitrogens with one attached hydrogen (secondary N) is 2. The average molecular weight is 438 g/mol. The van der Waals surface area contributed by atoms with Gasteiger partial charge in [-0.1, -0.05) is 22.7 Å². The van der Waals surface area contributed by atoms with Gasteiger partial charge in [0.2, 0.25) is 5.91 Å². The lowest BCUT2D eigenvalue weighted by molar-refractivity contribution is -0.135. The van der Waals surface area contributed by atoms with Gasteiger partial charge in [-0.15, -0.1) is 0 Å². The summed E-state index contributed by atoms with van der Waals surface area (Å²) in [5.41, 5.74) is 2.51. The number of aryl methyl sites for hydroxylation is 1. The van der Waals surface area contributed by atoms with Crippen LogP contribution < -0.4 is 10.6 Å². The van der Waals surface area contributed by atoms with Crippen molar-refractivity contribution in [2.45, 2.75) is 25.9 Å². The molecule has 3 aromatic rings. The fourth-order valence-corrected chi connectivity index (χ4v) is 5.29. The number of carbonyl (C=O) groups excluding carboxylic acids is 1. The number of fused-ring (bicyclic) bond motifs is 2. The maximum Gasteiger partial charge on any atom is 0.322 e. The number of likely N-dealkylation sites (tertiary alicyclic amines) is 1. The lowest BCUT2D eigenvalue weighted by Crippen LogP contribution is -2.41. The second-order valence-electron chi connectivity index (χ2n) is 6.89. The second kappa shape index (κ2) is 8.07. The third kappa shape index (κ3) is 4.25. The Kier molecular flexibility index (Phi) is 5.50. The molecule has 0 atom stereocenters. The third-order valence-corrected chi connectivity index (χ3v) is 6.76. The van der Waals surface area contributed by atoms with Gasteiger partial charge in [0.05, 0.1) is 27.0 Å². The molecule has 3 heterocycles. The predicted molar refractivity (Wildman–Crippen MR) is 113 cm³/mol. The Morgan fingerprint density at radius 1 is 1.14 bits per heavy atom. The first-order valence-electron chi connectivity index (χ1n) is 9.23. The van der Waals surface area contributed by atoms with Crippen LogP contribution in [-0.4, -0.2) is 64.2 Å². The van der Waals surface area contributed by atoms with Crippen molar-refractivity contribution in [3.8, 4) is 0 Å². The summed E-state index contributed by atoms with van der Waals surface area (Å²) >= 11 is 2.85. The van der Waals surface area contributed by atoms with E-state index >= 15 is 0 Å². The first kappa shape index (κ1) is 19.8. The second-order valence-corrected chi connectivity index (χ2v) is 8.95. The number of benzene rings is 1. The van der Waals surface area contributed by atoms with Gasteiger partial charge in [-0.3, -0.25) is 9.59 Å². The molecule has 0 unspecified atom stereocenters. The molecule has 1 fully saturated rings. The summed E-state index contributed by atoms with van der Waals surface area (Å²) in [5, 5.41) is 15.9. The van der Waals surface area contributed by atoms with E-state index in [1.807, 2.05) is 13.0 Å². The Morgan fingerprint density at radius 2 is 1.69 bits per heavy atom. The number of carbonyl (C=O) groups is 2. The van der Waals surface area contributed by atoms with E-state index in [2.05, 4.69) is 20.6 Å². The molecule has 0 saturated carbocycles. The number of amides is 1. The molecule has 1 aliphatic heterocycles. The van der Waals surface area contributed by atoms with Gasteiger partial charge in [0.25, 0.3) is 0 Å². The number of nitrogens with zero attached hydrogens (tertiary/aromatic N) is 3. The van der Waals surface area contributed by atoms with Crippen LogP contribution in [0.2, 0.25) is 0 Å². The number of rotatable bonds is 6. The van der Waals surface area contributed by atoms with Gasteiger partial charge in [0.15, 0.2) is 10.3 Å². The highest BCUT2D eigenvalue weighted by Gasteiger charge is 2.22. The van der Waals surface area contributed by atoms with E-state index in [9.17, 15) is 14.0 Å². The molecule has 0 bridgehead atoms. The normalized spacial score (nSPS) is 15.2. The number of aromatic nitrogens is 2. The quantitative estimate of drug-likeness (QED) is 0.544. The number of aliphatic carboxylic acids is 1. The Hall–Kier alpha value is -2.53. The molecular weight excluding hydrogens is 417 g/mol. The average Bonchev–Trinajstić information content (AvgIpc) is 3.29. The van der Waals surface area contributed by atoms with Crippen molar-refractivity contribution in [3.63, 3.8) is 0 Å². The largest absolute Gasteiger partial charge is 0.480 e. The number of halogens is 1. The Balaban J connectivity index is 1.48. The Labute approximate surface area is 173 Å². The van der Waals surface area contributed by atoms with Gasteiger partial charge in [-0.25, -0.2) is 14.4 Å². The molecule has 4 rings (SSSR count). The van der Waals surface area contributed by atoms with Crippen LogP contribution >= 0.6 is 22.7 Å². The fraction of sp³-hybridized carbons (Fsp3) is 0.444. The standard InChI is InChI=1S/C18H20FN5O3S2/c1-9-15-11(6-12-16(9)23-18(29-12)21-8-14(26)27)28-17(22-15)20-7-13(25)24-4-2-10(19)3-5-24/h6,10H,2-5,7-8H2,1H3,(H,20,22)(H,21,23)(H,26,27). The SMILES string of the molecule is Cc1c2nc(NCC(=O)O)sc2cc2sc(NCC(=O)N3CCC(F)CC3)nc12. The van der Waals surface area contributed by atoms with Crippen LogP contribution in [-0.2, 0) is 9.59 Å². The maximum absolute atomic E-state index is 13.2. The summed E-state index contributed by atoms with van der Waals surface area (Å²) < 4.78 is 15.1. The van der Waals surface area contributed by atoms with E-state index in [0.717, 1.165) is 26.0 Å². The van der Waals surface area contributed by atoms with Gasteiger partial charge in [0, 0.05) is 18.7 Å². The van der Waals surface area contributed by atoms with Gasteiger partial charge in [-0.2, -0.15) is 0 Å². The van der Waals surface area contributed by atoms with Crippen molar-refractivity contribution < 1.29 is 19.1 Å². The zero-order chi connectivity index (χ0) is 20.5. The highest BCUT2D eigenvalue weighted by atomic mass is 32.1. The van der Waals surface area contributed by atoms with Crippen molar-refractivity contribution in [3.05, 3.63) is 11.6 Å². The van der Waals surface area contributed by atoms with Crippen LogP contribution in [0.3, 0.4) is 0 Å². The lowest BCUT2D eigenvalue weighted by atomic mass is 10.1. The van der Waals surface area contributed by atoms with Crippen LogP contribution in [0.25, 0.3) is 20.4 Å². The minimum absolute atomic E-state index is 0.0512. The molecule has 1 aromatic carbocycles. The Bertz CT molecular complexity index is 1070. The number of alkyl halides is 1. The molecule has 0 aliphatic carbocycles. The van der Waals surface area contributed by atoms with Crippen molar-refractivity contribution in [1.82, 2.24) is 14.9 Å². The van der Waals surface area contributed by atoms with Crippen LogP contribution in [0.5, 0.6) is 0 Å². The van der Waals surface area contributed by atoms with Crippen LogP contribution in [0.1, 0.15) is 18.4 Å². The molecule has 3 N–H and O–H groups in total. The number of hydrogen-bond acceptors (Lipinski definition) is 8. The number of anilines is 2. The molecule has 8 nitrogen and oxygen atoms in total. The number of thiazole rings is 2. The molecule has 1 aliphatic rings. The third-order valence-electron chi connectivity index (χ3n) is 4.84. The lowest BCUT2D eigenvalue weighted by Gasteiger charge is -2.28. The maximum atomic E-state index is 13.2. The summed E-state index contributed by atoms with van der Waals surface area (Å²) in [6, 6.07) is 1.98. The van der Waals surface area contributed by atoms with Crippen molar-refractivity contribution in [1.29, 1.82) is 0 Å².